The summed E-state index contributed by atoms with van der Waals surface area (Å²) in [7, 11) is 0. The molecule has 1 heterocycles. The molecular weight excluding hydrogens is 258 g/mol. The molecule has 2 rings (SSSR count). The number of amides is 1. The predicted octanol–water partition coefficient (Wildman–Crippen LogP) is 2.45. The molecule has 0 saturated heterocycles. The van der Waals surface area contributed by atoms with E-state index in [0.29, 0.717) is 6.61 Å². The molecule has 1 aliphatic rings. The third kappa shape index (κ3) is 3.73. The summed E-state index contributed by atoms with van der Waals surface area (Å²) >= 11 is 0. The molecule has 1 aromatic carbocycles. The number of fused-ring (bicyclic) bond motifs is 1. The number of ether oxygens (including phenoxy) is 1. The first kappa shape index (κ1) is 14.4. The second kappa shape index (κ2) is 5.53. The highest BCUT2D eigenvalue weighted by molar-refractivity contribution is 5.91. The van der Waals surface area contributed by atoms with E-state index in [1.807, 2.05) is 12.1 Å². The van der Waals surface area contributed by atoms with E-state index < -0.39 is 11.4 Å². The molecule has 2 N–H and O–H groups in total. The Hall–Kier alpha value is -2.04. The zero-order chi connectivity index (χ0) is 14.8. The van der Waals surface area contributed by atoms with Crippen LogP contribution in [0.15, 0.2) is 18.2 Å². The fourth-order valence-corrected chi connectivity index (χ4v) is 2.38. The molecule has 0 atom stereocenters. The number of rotatable bonds is 5. The molecule has 0 bridgehead atoms. The van der Waals surface area contributed by atoms with E-state index in [1.165, 1.54) is 0 Å². The van der Waals surface area contributed by atoms with Crippen LogP contribution in [0.1, 0.15) is 32.3 Å². The summed E-state index contributed by atoms with van der Waals surface area (Å²) < 4.78 is 5.40. The van der Waals surface area contributed by atoms with E-state index in [-0.39, 0.29) is 18.7 Å². The molecule has 0 radical (unpaired) electrons. The maximum absolute atomic E-state index is 12.0. The van der Waals surface area contributed by atoms with Crippen molar-refractivity contribution in [2.75, 3.05) is 11.9 Å². The molecule has 20 heavy (non-hydrogen) atoms. The van der Waals surface area contributed by atoms with E-state index in [2.05, 4.69) is 5.32 Å². The Labute approximate surface area is 117 Å². The largest absolute Gasteiger partial charge is 0.493 e. The Morgan fingerprint density at radius 1 is 1.35 bits per heavy atom. The number of carbonyl (C=O) groups excluding carboxylic acids is 1. The maximum atomic E-state index is 12.0. The Balaban J connectivity index is 1.96. The standard InChI is InChI=1S/C15H19NO4/c1-15(2,9-14(18)19)8-13(17)16-11-3-4-12-10(7-11)5-6-20-12/h3-4,7H,5-6,8-9H2,1-2H3,(H,16,17)(H,18,19). The van der Waals surface area contributed by atoms with Crippen molar-refractivity contribution in [3.05, 3.63) is 23.8 Å². The number of hydrogen-bond donors (Lipinski definition) is 2. The van der Waals surface area contributed by atoms with E-state index in [1.54, 1.807) is 19.9 Å². The fraction of sp³-hybridized carbons (Fsp3) is 0.467. The summed E-state index contributed by atoms with van der Waals surface area (Å²) in [6.07, 6.45) is 0.995. The van der Waals surface area contributed by atoms with Crippen LogP contribution in [0.4, 0.5) is 5.69 Å². The molecule has 0 spiro atoms. The van der Waals surface area contributed by atoms with Gasteiger partial charge in [0.15, 0.2) is 0 Å². The van der Waals surface area contributed by atoms with Crippen molar-refractivity contribution in [3.8, 4) is 5.75 Å². The summed E-state index contributed by atoms with van der Waals surface area (Å²) in [6, 6.07) is 5.55. The monoisotopic (exact) mass is 277 g/mol. The van der Waals surface area contributed by atoms with Crippen LogP contribution in [0.2, 0.25) is 0 Å². The molecule has 0 unspecified atom stereocenters. The highest BCUT2D eigenvalue weighted by Crippen LogP contribution is 2.29. The first-order valence-corrected chi connectivity index (χ1v) is 6.63. The summed E-state index contributed by atoms with van der Waals surface area (Å²) in [5.74, 6) is -0.193. The molecule has 1 amide bonds. The van der Waals surface area contributed by atoms with Gasteiger partial charge in [0.2, 0.25) is 5.91 Å². The average Bonchev–Trinajstić information content (AvgIpc) is 2.72. The van der Waals surface area contributed by atoms with Crippen LogP contribution < -0.4 is 10.1 Å². The van der Waals surface area contributed by atoms with Crippen molar-refractivity contribution in [2.45, 2.75) is 33.1 Å². The lowest BCUT2D eigenvalue weighted by molar-refractivity contribution is -0.139. The van der Waals surface area contributed by atoms with E-state index in [4.69, 9.17) is 9.84 Å². The lowest BCUT2D eigenvalue weighted by atomic mass is 9.85. The average molecular weight is 277 g/mol. The molecular formula is C15H19NO4. The summed E-state index contributed by atoms with van der Waals surface area (Å²) in [4.78, 5) is 22.7. The third-order valence-electron chi connectivity index (χ3n) is 3.24. The van der Waals surface area contributed by atoms with Crippen LogP contribution in [-0.4, -0.2) is 23.6 Å². The Morgan fingerprint density at radius 2 is 2.10 bits per heavy atom. The molecule has 0 aliphatic carbocycles. The topological polar surface area (TPSA) is 75.6 Å². The molecule has 0 fully saturated rings. The zero-order valence-electron chi connectivity index (χ0n) is 11.7. The normalized spacial score (nSPS) is 13.5. The van der Waals surface area contributed by atoms with Crippen molar-refractivity contribution in [1.82, 2.24) is 0 Å². The quantitative estimate of drug-likeness (QED) is 0.866. The lowest BCUT2D eigenvalue weighted by Gasteiger charge is -2.21. The second-order valence-corrected chi connectivity index (χ2v) is 5.88. The number of benzene rings is 1. The summed E-state index contributed by atoms with van der Waals surface area (Å²) in [5, 5.41) is 11.6. The van der Waals surface area contributed by atoms with E-state index >= 15 is 0 Å². The first-order valence-electron chi connectivity index (χ1n) is 6.63. The van der Waals surface area contributed by atoms with Crippen LogP contribution >= 0.6 is 0 Å². The lowest BCUT2D eigenvalue weighted by Crippen LogP contribution is -2.24. The van der Waals surface area contributed by atoms with Crippen molar-refractivity contribution in [1.29, 1.82) is 0 Å². The maximum Gasteiger partial charge on any atom is 0.303 e. The smallest absolute Gasteiger partial charge is 0.303 e. The van der Waals surface area contributed by atoms with Crippen LogP contribution in [0.25, 0.3) is 0 Å². The SMILES string of the molecule is CC(C)(CC(=O)O)CC(=O)Nc1ccc2c(c1)CCO2. The van der Waals surface area contributed by atoms with Gasteiger partial charge in [0.25, 0.3) is 0 Å². The number of carboxylic acid groups (broad SMARTS) is 1. The Kier molecular flexibility index (Phi) is 3.97. The highest BCUT2D eigenvalue weighted by atomic mass is 16.5. The molecule has 1 aromatic rings. The fourth-order valence-electron chi connectivity index (χ4n) is 2.38. The van der Waals surface area contributed by atoms with Crippen LogP contribution in [-0.2, 0) is 16.0 Å². The second-order valence-electron chi connectivity index (χ2n) is 5.88. The number of anilines is 1. The molecule has 0 saturated carbocycles. The van der Waals surface area contributed by atoms with Gasteiger partial charge in [-0.3, -0.25) is 9.59 Å². The van der Waals surface area contributed by atoms with Gasteiger partial charge < -0.3 is 15.2 Å². The number of carboxylic acids is 1. The number of carbonyl (C=O) groups is 2. The van der Waals surface area contributed by atoms with Crippen molar-refractivity contribution >= 4 is 17.6 Å². The minimum absolute atomic E-state index is 0.0293. The van der Waals surface area contributed by atoms with Crippen molar-refractivity contribution in [3.63, 3.8) is 0 Å². The van der Waals surface area contributed by atoms with Crippen LogP contribution in [0.3, 0.4) is 0 Å². The van der Waals surface area contributed by atoms with Crippen LogP contribution in [0.5, 0.6) is 5.75 Å². The van der Waals surface area contributed by atoms with Gasteiger partial charge in [-0.05, 0) is 29.2 Å². The Bertz CT molecular complexity index is 537. The molecule has 0 aromatic heterocycles. The molecule has 1 aliphatic heterocycles. The number of aliphatic carboxylic acids is 1. The molecule has 5 nitrogen and oxygen atoms in total. The Morgan fingerprint density at radius 3 is 2.80 bits per heavy atom. The van der Waals surface area contributed by atoms with Gasteiger partial charge in [0.1, 0.15) is 5.75 Å². The van der Waals surface area contributed by atoms with E-state index in [9.17, 15) is 9.59 Å². The van der Waals surface area contributed by atoms with Gasteiger partial charge in [-0.2, -0.15) is 0 Å². The first-order chi connectivity index (χ1) is 9.35. The molecule has 5 heteroatoms. The number of nitrogens with one attached hydrogen (secondary N) is 1. The van der Waals surface area contributed by atoms with E-state index in [0.717, 1.165) is 23.4 Å². The summed E-state index contributed by atoms with van der Waals surface area (Å²) in [5.41, 5.74) is 1.26. The minimum Gasteiger partial charge on any atom is -0.493 e. The van der Waals surface area contributed by atoms with Crippen molar-refractivity contribution in [2.24, 2.45) is 5.41 Å². The van der Waals surface area contributed by atoms with Gasteiger partial charge >= 0.3 is 5.97 Å². The summed E-state index contributed by atoms with van der Waals surface area (Å²) in [6.45, 7) is 4.23. The van der Waals surface area contributed by atoms with Gasteiger partial charge in [-0.25, -0.2) is 0 Å². The highest BCUT2D eigenvalue weighted by Gasteiger charge is 2.25. The zero-order valence-corrected chi connectivity index (χ0v) is 11.7. The minimum atomic E-state index is -0.891. The molecule has 108 valence electrons. The number of hydrogen-bond acceptors (Lipinski definition) is 3. The van der Waals surface area contributed by atoms with Gasteiger partial charge in [-0.1, -0.05) is 13.8 Å². The van der Waals surface area contributed by atoms with Crippen LogP contribution in [0, 0.1) is 5.41 Å². The van der Waals surface area contributed by atoms with Gasteiger partial charge in [0, 0.05) is 18.5 Å². The van der Waals surface area contributed by atoms with Gasteiger partial charge in [0.05, 0.1) is 13.0 Å². The third-order valence-corrected chi connectivity index (χ3v) is 3.24. The van der Waals surface area contributed by atoms with Crippen molar-refractivity contribution < 1.29 is 19.4 Å². The predicted molar refractivity (Wildman–Crippen MR) is 74.9 cm³/mol. The van der Waals surface area contributed by atoms with Gasteiger partial charge in [-0.15, -0.1) is 0 Å².